The first-order valence-electron chi connectivity index (χ1n) is 6.31. The highest BCUT2D eigenvalue weighted by Crippen LogP contribution is 2.28. The molecular weight excluding hydrogens is 186 g/mol. The maximum absolute atomic E-state index is 9.26. The van der Waals surface area contributed by atoms with Gasteiger partial charge in [-0.3, -0.25) is 0 Å². The van der Waals surface area contributed by atoms with E-state index in [1.807, 2.05) is 6.08 Å². The molecule has 0 aromatic heterocycles. The van der Waals surface area contributed by atoms with Gasteiger partial charge in [-0.15, -0.1) is 6.58 Å². The molecule has 0 radical (unpaired) electrons. The van der Waals surface area contributed by atoms with E-state index in [0.29, 0.717) is 18.4 Å². The summed E-state index contributed by atoms with van der Waals surface area (Å²) in [6.45, 7) is 6.26. The normalized spacial score (nSPS) is 26.5. The molecule has 0 aromatic carbocycles. The molecule has 2 heteroatoms. The van der Waals surface area contributed by atoms with Crippen LogP contribution in [0.15, 0.2) is 12.7 Å². The van der Waals surface area contributed by atoms with Crippen LogP contribution in [0.2, 0.25) is 0 Å². The number of nitrogens with one attached hydrogen (secondary N) is 1. The van der Waals surface area contributed by atoms with Crippen LogP contribution in [0.4, 0.5) is 0 Å². The predicted octanol–water partition coefficient (Wildman–Crippen LogP) is 2.34. The zero-order chi connectivity index (χ0) is 10.9. The number of hydrogen-bond acceptors (Lipinski definition) is 2. The SMILES string of the molecule is C=CCCCNCC1CCCCC1CO. The number of hydrogen-bond donors (Lipinski definition) is 2. The third-order valence-corrected chi connectivity index (χ3v) is 3.47. The smallest absolute Gasteiger partial charge is 0.0462 e. The summed E-state index contributed by atoms with van der Waals surface area (Å²) in [6, 6.07) is 0. The minimum Gasteiger partial charge on any atom is -0.396 e. The highest BCUT2D eigenvalue weighted by atomic mass is 16.3. The van der Waals surface area contributed by atoms with Crippen molar-refractivity contribution < 1.29 is 5.11 Å². The van der Waals surface area contributed by atoms with Gasteiger partial charge in [-0.25, -0.2) is 0 Å². The molecule has 0 spiro atoms. The van der Waals surface area contributed by atoms with E-state index in [-0.39, 0.29) is 0 Å². The summed E-state index contributed by atoms with van der Waals surface area (Å²) in [7, 11) is 0. The zero-order valence-corrected chi connectivity index (χ0v) is 9.75. The van der Waals surface area contributed by atoms with Crippen LogP contribution in [0.3, 0.4) is 0 Å². The van der Waals surface area contributed by atoms with E-state index in [0.717, 1.165) is 19.5 Å². The molecule has 88 valence electrons. The Morgan fingerprint density at radius 3 is 2.67 bits per heavy atom. The summed E-state index contributed by atoms with van der Waals surface area (Å²) in [6.07, 6.45) is 9.41. The molecule has 0 heterocycles. The van der Waals surface area contributed by atoms with E-state index in [4.69, 9.17) is 0 Å². The van der Waals surface area contributed by atoms with Crippen LogP contribution < -0.4 is 5.32 Å². The van der Waals surface area contributed by atoms with E-state index >= 15 is 0 Å². The number of rotatable bonds is 7. The number of unbranched alkanes of at least 4 members (excludes halogenated alkanes) is 1. The summed E-state index contributed by atoms with van der Waals surface area (Å²) < 4.78 is 0. The lowest BCUT2D eigenvalue weighted by Crippen LogP contribution is -2.32. The molecule has 15 heavy (non-hydrogen) atoms. The molecule has 2 unspecified atom stereocenters. The summed E-state index contributed by atoms with van der Waals surface area (Å²) in [5, 5.41) is 12.8. The highest BCUT2D eigenvalue weighted by molar-refractivity contribution is 4.76. The molecule has 0 saturated heterocycles. The molecule has 0 aromatic rings. The van der Waals surface area contributed by atoms with Crippen molar-refractivity contribution >= 4 is 0 Å². The van der Waals surface area contributed by atoms with Crippen LogP contribution in [0.1, 0.15) is 38.5 Å². The lowest BCUT2D eigenvalue weighted by Gasteiger charge is -2.30. The minimum atomic E-state index is 0.374. The van der Waals surface area contributed by atoms with Crippen LogP contribution in [0, 0.1) is 11.8 Å². The van der Waals surface area contributed by atoms with Crippen LogP contribution >= 0.6 is 0 Å². The van der Waals surface area contributed by atoms with Crippen LogP contribution in [-0.2, 0) is 0 Å². The largest absolute Gasteiger partial charge is 0.396 e. The lowest BCUT2D eigenvalue weighted by molar-refractivity contribution is 0.133. The first kappa shape index (κ1) is 12.7. The second-order valence-corrected chi connectivity index (χ2v) is 4.62. The van der Waals surface area contributed by atoms with Crippen molar-refractivity contribution in [2.45, 2.75) is 38.5 Å². The molecule has 2 nitrogen and oxygen atoms in total. The van der Waals surface area contributed by atoms with E-state index < -0.39 is 0 Å². The molecule has 1 aliphatic carbocycles. The quantitative estimate of drug-likeness (QED) is 0.500. The van der Waals surface area contributed by atoms with Crippen LogP contribution in [0.5, 0.6) is 0 Å². The lowest BCUT2D eigenvalue weighted by atomic mass is 9.79. The molecular formula is C13H25NO. The van der Waals surface area contributed by atoms with Gasteiger partial charge in [0.1, 0.15) is 0 Å². The van der Waals surface area contributed by atoms with E-state index in [2.05, 4.69) is 11.9 Å². The Balaban J connectivity index is 2.09. The Morgan fingerprint density at radius 1 is 1.27 bits per heavy atom. The molecule has 0 aliphatic heterocycles. The monoisotopic (exact) mass is 211 g/mol. The van der Waals surface area contributed by atoms with Gasteiger partial charge in [0.05, 0.1) is 0 Å². The fourth-order valence-corrected chi connectivity index (χ4v) is 2.45. The Bertz CT molecular complexity index is 170. The third-order valence-electron chi connectivity index (χ3n) is 3.47. The summed E-state index contributed by atoms with van der Waals surface area (Å²) in [5.74, 6) is 1.25. The van der Waals surface area contributed by atoms with Crippen molar-refractivity contribution in [3.8, 4) is 0 Å². The molecule has 2 N–H and O–H groups in total. The average Bonchev–Trinajstić information content (AvgIpc) is 2.29. The molecule has 1 rings (SSSR count). The van der Waals surface area contributed by atoms with Crippen molar-refractivity contribution in [1.82, 2.24) is 5.32 Å². The van der Waals surface area contributed by atoms with Gasteiger partial charge in [0.15, 0.2) is 0 Å². The van der Waals surface area contributed by atoms with Crippen molar-refractivity contribution in [1.29, 1.82) is 0 Å². The van der Waals surface area contributed by atoms with Gasteiger partial charge in [0.25, 0.3) is 0 Å². The molecule has 0 amide bonds. The van der Waals surface area contributed by atoms with Gasteiger partial charge in [0.2, 0.25) is 0 Å². The number of aliphatic hydroxyl groups excluding tert-OH is 1. The molecule has 1 fully saturated rings. The maximum atomic E-state index is 9.26. The molecule has 2 atom stereocenters. The molecule has 1 saturated carbocycles. The van der Waals surface area contributed by atoms with Crippen molar-refractivity contribution in [2.24, 2.45) is 11.8 Å². The molecule has 0 bridgehead atoms. The van der Waals surface area contributed by atoms with E-state index in [9.17, 15) is 5.11 Å². The first-order valence-corrected chi connectivity index (χ1v) is 6.31. The fraction of sp³-hybridized carbons (Fsp3) is 0.846. The Hall–Kier alpha value is -0.340. The highest BCUT2D eigenvalue weighted by Gasteiger charge is 2.23. The van der Waals surface area contributed by atoms with Gasteiger partial charge < -0.3 is 10.4 Å². The van der Waals surface area contributed by atoms with Crippen molar-refractivity contribution in [3.63, 3.8) is 0 Å². The summed E-state index contributed by atoms with van der Waals surface area (Å²) in [4.78, 5) is 0. The molecule has 1 aliphatic rings. The Kier molecular flexibility index (Phi) is 6.69. The second kappa shape index (κ2) is 7.89. The second-order valence-electron chi connectivity index (χ2n) is 4.62. The van der Waals surface area contributed by atoms with Crippen LogP contribution in [-0.4, -0.2) is 24.8 Å². The van der Waals surface area contributed by atoms with Crippen molar-refractivity contribution in [3.05, 3.63) is 12.7 Å². The van der Waals surface area contributed by atoms with Crippen molar-refractivity contribution in [2.75, 3.05) is 19.7 Å². The van der Waals surface area contributed by atoms with E-state index in [1.54, 1.807) is 0 Å². The minimum absolute atomic E-state index is 0.374. The Labute approximate surface area is 93.8 Å². The zero-order valence-electron chi connectivity index (χ0n) is 9.75. The standard InChI is InChI=1S/C13H25NO/c1-2-3-6-9-14-10-12-7-4-5-8-13(12)11-15/h2,12-15H,1,3-11H2. The topological polar surface area (TPSA) is 32.3 Å². The predicted molar refractivity (Wildman–Crippen MR) is 64.8 cm³/mol. The average molecular weight is 211 g/mol. The van der Waals surface area contributed by atoms with Gasteiger partial charge in [0, 0.05) is 6.61 Å². The summed E-state index contributed by atoms with van der Waals surface area (Å²) in [5.41, 5.74) is 0. The number of aliphatic hydroxyl groups is 1. The van der Waals surface area contributed by atoms with E-state index in [1.165, 1.54) is 32.1 Å². The first-order chi connectivity index (χ1) is 7.38. The third kappa shape index (κ3) is 4.80. The summed E-state index contributed by atoms with van der Waals surface area (Å²) >= 11 is 0. The maximum Gasteiger partial charge on any atom is 0.0462 e. The van der Waals surface area contributed by atoms with Gasteiger partial charge >= 0.3 is 0 Å². The van der Waals surface area contributed by atoms with Crippen LogP contribution in [0.25, 0.3) is 0 Å². The fourth-order valence-electron chi connectivity index (χ4n) is 2.45. The van der Waals surface area contributed by atoms with Gasteiger partial charge in [-0.05, 0) is 50.6 Å². The van der Waals surface area contributed by atoms with Gasteiger partial charge in [-0.2, -0.15) is 0 Å². The number of allylic oxidation sites excluding steroid dienone is 1. The van der Waals surface area contributed by atoms with Gasteiger partial charge in [-0.1, -0.05) is 18.9 Å². The Morgan fingerprint density at radius 2 is 2.00 bits per heavy atom.